The van der Waals surface area contributed by atoms with Gasteiger partial charge in [-0.3, -0.25) is 0 Å². The van der Waals surface area contributed by atoms with Crippen molar-refractivity contribution in [3.05, 3.63) is 28.8 Å². The average Bonchev–Trinajstić information content (AvgIpc) is 3.28. The van der Waals surface area contributed by atoms with Crippen LogP contribution < -0.4 is 10.2 Å². The Hall–Kier alpha value is -2.32. The normalized spacial score (nSPS) is 24.9. The van der Waals surface area contributed by atoms with Gasteiger partial charge in [-0.25, -0.2) is 9.37 Å². The first-order chi connectivity index (χ1) is 14.5. The van der Waals surface area contributed by atoms with Gasteiger partial charge < -0.3 is 15.3 Å². The van der Waals surface area contributed by atoms with Crippen molar-refractivity contribution in [1.29, 1.82) is 0 Å². The standard InChI is InChI=1S/C22H24FN5OS/c1-12-25-16-10-14(18(29)11-19(16)30-12)15-9-13-4-8-28(21(13)27-26-15)17-3-7-24-22(20(17)23)5-2-6-22/h9-11,17,20,24,29H,2-8H2,1H3/t17-,20-/m1/s1. The summed E-state index contributed by atoms with van der Waals surface area (Å²) in [5, 5.41) is 23.9. The van der Waals surface area contributed by atoms with Gasteiger partial charge in [-0.15, -0.1) is 21.5 Å². The van der Waals surface area contributed by atoms with Crippen LogP contribution in [0.15, 0.2) is 18.2 Å². The number of aromatic nitrogens is 3. The molecular formula is C22H24FN5OS. The number of nitrogens with zero attached hydrogens (tertiary/aromatic N) is 4. The van der Waals surface area contributed by atoms with Gasteiger partial charge in [0.25, 0.3) is 0 Å². The highest BCUT2D eigenvalue weighted by molar-refractivity contribution is 7.18. The molecule has 2 N–H and O–H groups in total. The quantitative estimate of drug-likeness (QED) is 0.651. The number of aromatic hydroxyl groups is 1. The molecule has 3 aliphatic rings. The Balaban J connectivity index is 1.33. The van der Waals surface area contributed by atoms with Crippen LogP contribution in [0.5, 0.6) is 5.75 Å². The number of halogens is 1. The Bertz CT molecular complexity index is 1140. The monoisotopic (exact) mass is 425 g/mol. The first-order valence-corrected chi connectivity index (χ1v) is 11.5. The van der Waals surface area contributed by atoms with Crippen molar-refractivity contribution in [3.8, 4) is 17.0 Å². The Labute approximate surface area is 178 Å². The fraction of sp³-hybridized carbons (Fsp3) is 0.500. The summed E-state index contributed by atoms with van der Waals surface area (Å²) in [5.41, 5.74) is 2.88. The van der Waals surface area contributed by atoms with Crippen molar-refractivity contribution in [2.45, 2.75) is 56.8 Å². The fourth-order valence-electron chi connectivity index (χ4n) is 5.34. The Kier molecular flexibility index (Phi) is 4.05. The minimum atomic E-state index is -0.883. The van der Waals surface area contributed by atoms with Gasteiger partial charge in [-0.2, -0.15) is 0 Å². The van der Waals surface area contributed by atoms with Crippen molar-refractivity contribution >= 4 is 27.4 Å². The summed E-state index contributed by atoms with van der Waals surface area (Å²) in [4.78, 5) is 6.65. The molecule has 6 nitrogen and oxygen atoms in total. The number of phenols is 1. The van der Waals surface area contributed by atoms with E-state index in [9.17, 15) is 5.11 Å². The summed E-state index contributed by atoms with van der Waals surface area (Å²) in [6.45, 7) is 3.58. The van der Waals surface area contributed by atoms with Gasteiger partial charge in [0.05, 0.1) is 32.5 Å². The average molecular weight is 426 g/mol. The summed E-state index contributed by atoms with van der Waals surface area (Å²) in [6, 6.07) is 5.48. The molecular weight excluding hydrogens is 401 g/mol. The van der Waals surface area contributed by atoms with Gasteiger partial charge >= 0.3 is 0 Å². The molecule has 30 heavy (non-hydrogen) atoms. The molecule has 1 saturated carbocycles. The molecule has 2 atom stereocenters. The van der Waals surface area contributed by atoms with Crippen molar-refractivity contribution in [1.82, 2.24) is 20.5 Å². The number of hydrogen-bond acceptors (Lipinski definition) is 7. The van der Waals surface area contributed by atoms with Crippen LogP contribution in [0, 0.1) is 6.92 Å². The molecule has 0 unspecified atom stereocenters. The lowest BCUT2D eigenvalue weighted by Crippen LogP contribution is -2.68. The highest BCUT2D eigenvalue weighted by atomic mass is 32.1. The van der Waals surface area contributed by atoms with Crippen molar-refractivity contribution in [2.75, 3.05) is 18.0 Å². The number of thiazole rings is 1. The van der Waals surface area contributed by atoms with Crippen LogP contribution in [0.2, 0.25) is 0 Å². The fourth-order valence-corrected chi connectivity index (χ4v) is 6.18. The van der Waals surface area contributed by atoms with E-state index in [0.29, 0.717) is 11.3 Å². The van der Waals surface area contributed by atoms with Crippen molar-refractivity contribution in [3.63, 3.8) is 0 Å². The van der Waals surface area contributed by atoms with Gasteiger partial charge in [0, 0.05) is 23.7 Å². The first kappa shape index (κ1) is 18.4. The van der Waals surface area contributed by atoms with E-state index in [1.54, 1.807) is 17.4 Å². The number of piperidine rings is 1. The number of aryl methyl sites for hydroxylation is 1. The number of hydrogen-bond donors (Lipinski definition) is 2. The zero-order chi connectivity index (χ0) is 20.5. The molecule has 2 fully saturated rings. The van der Waals surface area contributed by atoms with E-state index >= 15 is 4.39 Å². The van der Waals surface area contributed by atoms with E-state index in [2.05, 4.69) is 25.4 Å². The zero-order valence-electron chi connectivity index (χ0n) is 16.9. The van der Waals surface area contributed by atoms with Crippen LogP contribution in [0.25, 0.3) is 21.5 Å². The summed E-state index contributed by atoms with van der Waals surface area (Å²) in [7, 11) is 0. The van der Waals surface area contributed by atoms with E-state index in [4.69, 9.17) is 0 Å². The maximum Gasteiger partial charge on any atom is 0.154 e. The number of rotatable bonds is 2. The molecule has 1 aromatic carbocycles. The number of anilines is 1. The summed E-state index contributed by atoms with van der Waals surface area (Å²) < 4.78 is 16.4. The number of nitrogens with one attached hydrogen (secondary N) is 1. The maximum atomic E-state index is 15.5. The van der Waals surface area contributed by atoms with E-state index < -0.39 is 6.17 Å². The van der Waals surface area contributed by atoms with E-state index in [1.807, 2.05) is 19.1 Å². The highest BCUT2D eigenvalue weighted by Gasteiger charge is 2.52. The number of alkyl halides is 1. The molecule has 2 aromatic heterocycles. The molecule has 0 radical (unpaired) electrons. The predicted molar refractivity (Wildman–Crippen MR) is 116 cm³/mol. The second kappa shape index (κ2) is 6.59. The Morgan fingerprint density at radius 1 is 1.27 bits per heavy atom. The van der Waals surface area contributed by atoms with Gasteiger partial charge in [-0.1, -0.05) is 0 Å². The Morgan fingerprint density at radius 2 is 2.13 bits per heavy atom. The molecule has 1 spiro atoms. The third kappa shape index (κ3) is 2.66. The van der Waals surface area contributed by atoms with Crippen LogP contribution in [-0.2, 0) is 6.42 Å². The maximum absolute atomic E-state index is 15.5. The molecule has 4 heterocycles. The number of benzene rings is 1. The summed E-state index contributed by atoms with van der Waals surface area (Å²) in [5.74, 6) is 0.984. The molecule has 1 aliphatic carbocycles. The van der Waals surface area contributed by atoms with E-state index in [1.165, 1.54) is 0 Å². The van der Waals surface area contributed by atoms with E-state index in [-0.39, 0.29) is 17.3 Å². The molecule has 8 heteroatoms. The smallest absolute Gasteiger partial charge is 0.154 e. The largest absolute Gasteiger partial charge is 0.507 e. The molecule has 0 amide bonds. The minimum absolute atomic E-state index is 0.143. The SMILES string of the molecule is Cc1nc2cc(-c3cc4c(nn3)N([C@@H]3CCNC5(CCC5)[C@@H]3F)CC4)c(O)cc2s1. The lowest BCUT2D eigenvalue weighted by molar-refractivity contribution is 0.0248. The van der Waals surface area contributed by atoms with Crippen LogP contribution in [-0.4, -0.2) is 51.1 Å². The zero-order valence-corrected chi connectivity index (χ0v) is 17.7. The number of fused-ring (bicyclic) bond motifs is 2. The van der Waals surface area contributed by atoms with E-state index in [0.717, 1.165) is 71.8 Å². The predicted octanol–water partition coefficient (Wildman–Crippen LogP) is 3.75. The topological polar surface area (TPSA) is 74.2 Å². The number of phenolic OH excluding ortho intramolecular Hbond substituents is 1. The van der Waals surface area contributed by atoms with Crippen molar-refractivity contribution < 1.29 is 9.50 Å². The second-order valence-electron chi connectivity index (χ2n) is 8.79. The molecule has 0 bridgehead atoms. The van der Waals surface area contributed by atoms with Crippen molar-refractivity contribution in [2.24, 2.45) is 0 Å². The molecule has 6 rings (SSSR count). The lowest BCUT2D eigenvalue weighted by atomic mass is 9.68. The Morgan fingerprint density at radius 3 is 2.93 bits per heavy atom. The summed E-state index contributed by atoms with van der Waals surface area (Å²) in [6.07, 6.45) is 3.67. The second-order valence-corrected chi connectivity index (χ2v) is 10.0. The van der Waals surface area contributed by atoms with Crippen LogP contribution in [0.3, 0.4) is 0 Å². The summed E-state index contributed by atoms with van der Waals surface area (Å²) >= 11 is 1.56. The van der Waals surface area contributed by atoms with Crippen LogP contribution in [0.1, 0.15) is 36.3 Å². The molecule has 2 aliphatic heterocycles. The van der Waals surface area contributed by atoms with Gasteiger partial charge in [-0.05, 0) is 57.7 Å². The third-order valence-corrected chi connectivity index (χ3v) is 8.00. The molecule has 156 valence electrons. The molecule has 3 aromatic rings. The van der Waals surface area contributed by atoms with Gasteiger partial charge in [0.2, 0.25) is 0 Å². The third-order valence-electron chi connectivity index (χ3n) is 7.06. The minimum Gasteiger partial charge on any atom is -0.507 e. The lowest BCUT2D eigenvalue weighted by Gasteiger charge is -2.52. The van der Waals surface area contributed by atoms with Gasteiger partial charge in [0.15, 0.2) is 5.82 Å². The van der Waals surface area contributed by atoms with Crippen LogP contribution >= 0.6 is 11.3 Å². The molecule has 1 saturated heterocycles. The van der Waals surface area contributed by atoms with Crippen LogP contribution in [0.4, 0.5) is 10.2 Å². The van der Waals surface area contributed by atoms with Gasteiger partial charge in [0.1, 0.15) is 11.9 Å². The first-order valence-electron chi connectivity index (χ1n) is 10.7. The highest BCUT2D eigenvalue weighted by Crippen LogP contribution is 2.44.